The third-order valence-electron chi connectivity index (χ3n) is 3.68. The van der Waals surface area contributed by atoms with E-state index in [1.807, 2.05) is 12.1 Å². The molecule has 0 aromatic heterocycles. The van der Waals surface area contributed by atoms with Gasteiger partial charge in [0.1, 0.15) is 5.75 Å². The van der Waals surface area contributed by atoms with E-state index in [-0.39, 0.29) is 17.8 Å². The van der Waals surface area contributed by atoms with Gasteiger partial charge in [-0.1, -0.05) is 18.2 Å². The molecule has 1 atom stereocenters. The van der Waals surface area contributed by atoms with Gasteiger partial charge in [-0.15, -0.1) is 0 Å². The van der Waals surface area contributed by atoms with Crippen molar-refractivity contribution in [2.45, 2.75) is 19.6 Å². The van der Waals surface area contributed by atoms with Crippen molar-refractivity contribution >= 4 is 27.6 Å². The zero-order valence-corrected chi connectivity index (χ0v) is 16.6. The van der Waals surface area contributed by atoms with Gasteiger partial charge in [0.2, 0.25) is 10.0 Å². The normalized spacial score (nSPS) is 12.0. The van der Waals surface area contributed by atoms with Crippen LogP contribution in [0.2, 0.25) is 0 Å². The molecule has 0 aliphatic rings. The van der Waals surface area contributed by atoms with Gasteiger partial charge in [-0.25, -0.2) is 13.2 Å². The first-order chi connectivity index (χ1) is 13.2. The standard InChI is InChI=1S/C19H22N2O6S/c1-13(18(22)20-12-14-7-9-17(26-2)10-8-14)27-19(23)15-5-4-6-16(11-15)21-28(3,24)25/h4-11,13,21H,12H2,1-3H3,(H,20,22). The number of nitrogens with one attached hydrogen (secondary N) is 2. The molecule has 0 saturated carbocycles. The molecule has 0 fully saturated rings. The summed E-state index contributed by atoms with van der Waals surface area (Å²) >= 11 is 0. The van der Waals surface area contributed by atoms with Crippen molar-refractivity contribution in [1.29, 1.82) is 0 Å². The van der Waals surface area contributed by atoms with E-state index in [2.05, 4.69) is 10.0 Å². The molecule has 2 aromatic rings. The van der Waals surface area contributed by atoms with Gasteiger partial charge in [0.25, 0.3) is 5.91 Å². The number of carbonyl (C=O) groups is 2. The van der Waals surface area contributed by atoms with Gasteiger partial charge in [0.15, 0.2) is 6.10 Å². The second-order valence-corrected chi connectivity index (χ2v) is 7.82. The Bertz CT molecular complexity index is 941. The molecule has 1 unspecified atom stereocenters. The van der Waals surface area contributed by atoms with E-state index in [0.717, 1.165) is 11.8 Å². The maximum atomic E-state index is 12.2. The molecule has 8 nitrogen and oxygen atoms in total. The van der Waals surface area contributed by atoms with E-state index in [1.54, 1.807) is 19.2 Å². The molecule has 28 heavy (non-hydrogen) atoms. The highest BCUT2D eigenvalue weighted by molar-refractivity contribution is 7.92. The van der Waals surface area contributed by atoms with Gasteiger partial charge < -0.3 is 14.8 Å². The number of hydrogen-bond acceptors (Lipinski definition) is 6. The van der Waals surface area contributed by atoms with Crippen molar-refractivity contribution in [3.8, 4) is 5.75 Å². The van der Waals surface area contributed by atoms with E-state index < -0.39 is 28.0 Å². The molecule has 0 bridgehead atoms. The average molecular weight is 406 g/mol. The van der Waals surface area contributed by atoms with Crippen molar-refractivity contribution in [1.82, 2.24) is 5.32 Å². The Morgan fingerprint density at radius 1 is 1.11 bits per heavy atom. The SMILES string of the molecule is COc1ccc(CNC(=O)C(C)OC(=O)c2cccc(NS(C)(=O)=O)c2)cc1. The highest BCUT2D eigenvalue weighted by atomic mass is 32.2. The molecule has 1 amide bonds. The number of methoxy groups -OCH3 is 1. The first kappa shape index (κ1) is 21.2. The van der Waals surface area contributed by atoms with Gasteiger partial charge >= 0.3 is 5.97 Å². The van der Waals surface area contributed by atoms with Crippen LogP contribution < -0.4 is 14.8 Å². The number of hydrogen-bond donors (Lipinski definition) is 2. The molecule has 150 valence electrons. The Balaban J connectivity index is 1.92. The highest BCUT2D eigenvalue weighted by Gasteiger charge is 2.19. The van der Waals surface area contributed by atoms with Crippen LogP contribution in [-0.4, -0.2) is 39.8 Å². The lowest BCUT2D eigenvalue weighted by atomic mass is 10.2. The molecular weight excluding hydrogens is 384 g/mol. The molecular formula is C19H22N2O6S. The monoisotopic (exact) mass is 406 g/mol. The largest absolute Gasteiger partial charge is 0.497 e. The molecule has 0 aliphatic carbocycles. The van der Waals surface area contributed by atoms with Gasteiger partial charge in [-0.05, 0) is 42.8 Å². The van der Waals surface area contributed by atoms with E-state index in [0.29, 0.717) is 5.75 Å². The van der Waals surface area contributed by atoms with Crippen LogP contribution in [0.25, 0.3) is 0 Å². The molecule has 2 N–H and O–H groups in total. The molecule has 9 heteroatoms. The Kier molecular flexibility index (Phi) is 7.00. The van der Waals surface area contributed by atoms with Gasteiger partial charge in [-0.3, -0.25) is 9.52 Å². The molecule has 0 spiro atoms. The minimum Gasteiger partial charge on any atom is -0.497 e. The number of benzene rings is 2. The lowest BCUT2D eigenvalue weighted by Gasteiger charge is -2.14. The number of anilines is 1. The van der Waals surface area contributed by atoms with E-state index in [4.69, 9.17) is 9.47 Å². The van der Waals surface area contributed by atoms with Crippen LogP contribution in [0.5, 0.6) is 5.75 Å². The quantitative estimate of drug-likeness (QED) is 0.648. The number of sulfonamides is 1. The lowest BCUT2D eigenvalue weighted by Crippen LogP contribution is -2.35. The summed E-state index contributed by atoms with van der Waals surface area (Å²) in [6.07, 6.45) is -0.00925. The molecule has 0 saturated heterocycles. The predicted octanol–water partition coefficient (Wildman–Crippen LogP) is 1.93. The topological polar surface area (TPSA) is 111 Å². The maximum absolute atomic E-state index is 12.2. The second-order valence-electron chi connectivity index (χ2n) is 6.07. The molecule has 2 rings (SSSR count). The Morgan fingerprint density at radius 2 is 1.79 bits per heavy atom. The van der Waals surface area contributed by atoms with E-state index in [1.165, 1.54) is 31.2 Å². The minimum absolute atomic E-state index is 0.128. The molecule has 0 aliphatic heterocycles. The molecule has 0 heterocycles. The number of ether oxygens (including phenoxy) is 2. The minimum atomic E-state index is -3.47. The summed E-state index contributed by atoms with van der Waals surface area (Å²) in [5.74, 6) is -0.469. The Labute approximate surface area is 163 Å². The van der Waals surface area contributed by atoms with Crippen LogP contribution in [0, 0.1) is 0 Å². The summed E-state index contributed by atoms with van der Waals surface area (Å²) in [5, 5.41) is 2.69. The smallest absolute Gasteiger partial charge is 0.338 e. The number of amides is 1. The molecule has 2 aromatic carbocycles. The summed E-state index contributed by atoms with van der Waals surface area (Å²) < 4.78 is 35.1. The van der Waals surface area contributed by atoms with Crippen LogP contribution in [-0.2, 0) is 26.1 Å². The molecule has 0 radical (unpaired) electrons. The predicted molar refractivity (Wildman–Crippen MR) is 105 cm³/mol. The number of rotatable bonds is 8. The highest BCUT2D eigenvalue weighted by Crippen LogP contribution is 2.14. The first-order valence-corrected chi connectivity index (χ1v) is 10.3. The van der Waals surface area contributed by atoms with Crippen LogP contribution in [0.1, 0.15) is 22.8 Å². The Morgan fingerprint density at radius 3 is 2.39 bits per heavy atom. The third-order valence-corrected chi connectivity index (χ3v) is 4.29. The summed E-state index contributed by atoms with van der Waals surface area (Å²) in [6, 6.07) is 13.0. The zero-order valence-electron chi connectivity index (χ0n) is 15.8. The van der Waals surface area contributed by atoms with Crippen LogP contribution >= 0.6 is 0 Å². The van der Waals surface area contributed by atoms with Crippen LogP contribution in [0.4, 0.5) is 5.69 Å². The van der Waals surface area contributed by atoms with Gasteiger partial charge in [0, 0.05) is 12.2 Å². The fraction of sp³-hybridized carbons (Fsp3) is 0.263. The average Bonchev–Trinajstić information content (AvgIpc) is 2.65. The Hall–Kier alpha value is -3.07. The van der Waals surface area contributed by atoms with Gasteiger partial charge in [-0.2, -0.15) is 0 Å². The van der Waals surface area contributed by atoms with Crippen molar-refractivity contribution in [2.75, 3.05) is 18.1 Å². The fourth-order valence-electron chi connectivity index (χ4n) is 2.28. The maximum Gasteiger partial charge on any atom is 0.338 e. The first-order valence-electron chi connectivity index (χ1n) is 8.37. The van der Waals surface area contributed by atoms with Crippen molar-refractivity contribution < 1.29 is 27.5 Å². The summed E-state index contributed by atoms with van der Waals surface area (Å²) in [7, 11) is -1.90. The second kappa shape index (κ2) is 9.23. The van der Waals surface area contributed by atoms with Crippen molar-refractivity contribution in [2.24, 2.45) is 0 Å². The zero-order chi connectivity index (χ0) is 20.7. The third kappa shape index (κ3) is 6.58. The summed E-state index contributed by atoms with van der Waals surface area (Å²) in [4.78, 5) is 24.4. The lowest BCUT2D eigenvalue weighted by molar-refractivity contribution is -0.129. The number of esters is 1. The van der Waals surface area contributed by atoms with E-state index >= 15 is 0 Å². The van der Waals surface area contributed by atoms with Gasteiger partial charge in [0.05, 0.1) is 18.9 Å². The number of carbonyl (C=O) groups excluding carboxylic acids is 2. The van der Waals surface area contributed by atoms with Crippen LogP contribution in [0.3, 0.4) is 0 Å². The van der Waals surface area contributed by atoms with Crippen LogP contribution in [0.15, 0.2) is 48.5 Å². The van der Waals surface area contributed by atoms with Crippen molar-refractivity contribution in [3.05, 3.63) is 59.7 Å². The summed E-state index contributed by atoms with van der Waals surface area (Å²) in [6.45, 7) is 1.73. The summed E-state index contributed by atoms with van der Waals surface area (Å²) in [5.41, 5.74) is 1.23. The van der Waals surface area contributed by atoms with E-state index in [9.17, 15) is 18.0 Å². The van der Waals surface area contributed by atoms with Crippen molar-refractivity contribution in [3.63, 3.8) is 0 Å². The fourth-order valence-corrected chi connectivity index (χ4v) is 2.84.